The maximum atomic E-state index is 10.9. The van der Waals surface area contributed by atoms with E-state index in [0.717, 1.165) is 18.7 Å². The second-order valence-corrected chi connectivity index (χ2v) is 3.04. The number of hydrogen-bond donors (Lipinski definition) is 1. The van der Waals surface area contributed by atoms with Crippen LogP contribution in [0.1, 0.15) is 12.2 Å². The van der Waals surface area contributed by atoms with Crippen molar-refractivity contribution in [3.8, 4) is 0 Å². The predicted molar refractivity (Wildman–Crippen MR) is 41.0 cm³/mol. The zero-order valence-electron chi connectivity index (χ0n) is 6.60. The van der Waals surface area contributed by atoms with Crippen LogP contribution in [0, 0.1) is 5.92 Å². The normalized spacial score (nSPS) is 21.8. The molecule has 0 spiro atoms. The first-order chi connectivity index (χ1) is 5.77. The number of carbonyl (C=O) groups is 1. The summed E-state index contributed by atoms with van der Waals surface area (Å²) in [6.07, 6.45) is 3.24. The van der Waals surface area contributed by atoms with Gasteiger partial charge in [-0.05, 0) is 6.42 Å². The summed E-state index contributed by atoms with van der Waals surface area (Å²) >= 11 is 0. The number of carbonyl (C=O) groups excluding carboxylic acids is 1. The fourth-order valence-corrected chi connectivity index (χ4v) is 1.49. The largest absolute Gasteiger partial charge is 0.369 e. The summed E-state index contributed by atoms with van der Waals surface area (Å²) in [5, 5.41) is 7.67. The molecule has 1 aliphatic heterocycles. The van der Waals surface area contributed by atoms with Gasteiger partial charge < -0.3 is 10.3 Å². The zero-order chi connectivity index (χ0) is 8.55. The summed E-state index contributed by atoms with van der Waals surface area (Å²) in [5.74, 6) is 0.676. The number of rotatable bonds is 1. The Balaban J connectivity index is 2.20. The molecule has 0 radical (unpaired) electrons. The second-order valence-electron chi connectivity index (χ2n) is 3.04. The van der Waals surface area contributed by atoms with E-state index in [-0.39, 0.29) is 11.8 Å². The van der Waals surface area contributed by atoms with Gasteiger partial charge in [0.1, 0.15) is 12.2 Å². The predicted octanol–water partition coefficient (Wildman–Crippen LogP) is -0.674. The topological polar surface area (TPSA) is 73.8 Å². The molecule has 12 heavy (non-hydrogen) atoms. The maximum Gasteiger partial charge on any atom is 0.222 e. The van der Waals surface area contributed by atoms with E-state index < -0.39 is 0 Å². The van der Waals surface area contributed by atoms with Crippen LogP contribution in [0.4, 0.5) is 0 Å². The molecule has 5 nitrogen and oxygen atoms in total. The molecule has 0 bridgehead atoms. The van der Waals surface area contributed by atoms with Gasteiger partial charge in [-0.3, -0.25) is 4.79 Å². The van der Waals surface area contributed by atoms with Gasteiger partial charge in [-0.25, -0.2) is 0 Å². The summed E-state index contributed by atoms with van der Waals surface area (Å²) in [6, 6.07) is 0. The molecule has 0 aromatic carbocycles. The average molecular weight is 166 g/mol. The third kappa shape index (κ3) is 1.07. The van der Waals surface area contributed by atoms with E-state index in [1.54, 1.807) is 6.33 Å². The lowest BCUT2D eigenvalue weighted by molar-refractivity contribution is -0.122. The van der Waals surface area contributed by atoms with Crippen LogP contribution in [0.15, 0.2) is 6.33 Å². The van der Waals surface area contributed by atoms with Crippen molar-refractivity contribution in [3.05, 3.63) is 12.2 Å². The molecule has 5 heteroatoms. The Morgan fingerprint density at radius 2 is 2.58 bits per heavy atom. The molecule has 0 saturated carbocycles. The molecule has 2 heterocycles. The first-order valence-electron chi connectivity index (χ1n) is 3.93. The number of hydrogen-bond acceptors (Lipinski definition) is 3. The van der Waals surface area contributed by atoms with Crippen molar-refractivity contribution in [1.29, 1.82) is 0 Å². The number of amides is 1. The monoisotopic (exact) mass is 166 g/mol. The Kier molecular flexibility index (Phi) is 1.56. The van der Waals surface area contributed by atoms with Crippen molar-refractivity contribution in [2.75, 3.05) is 0 Å². The number of nitrogens with two attached hydrogens (primary N) is 1. The van der Waals surface area contributed by atoms with Gasteiger partial charge in [0.15, 0.2) is 0 Å². The standard InChI is InChI=1S/C7H10N4O/c8-7(12)5-1-2-6-10-9-4-11(6)3-5/h4-5H,1-3H2,(H2,8,12). The SMILES string of the molecule is NC(=O)C1CCc2nncn2C1. The summed E-state index contributed by atoms with van der Waals surface area (Å²) < 4.78 is 1.89. The molecular weight excluding hydrogens is 156 g/mol. The Morgan fingerprint density at radius 3 is 3.33 bits per heavy atom. The van der Waals surface area contributed by atoms with Crippen LogP contribution in [0.3, 0.4) is 0 Å². The molecule has 0 saturated heterocycles. The molecule has 2 rings (SSSR count). The highest BCUT2D eigenvalue weighted by Crippen LogP contribution is 2.16. The number of primary amides is 1. The number of nitrogens with zero attached hydrogens (tertiary/aromatic N) is 3. The average Bonchev–Trinajstić information content (AvgIpc) is 2.49. The minimum absolute atomic E-state index is 0.0477. The van der Waals surface area contributed by atoms with Crippen molar-refractivity contribution in [2.45, 2.75) is 19.4 Å². The number of aromatic nitrogens is 3. The fraction of sp³-hybridized carbons (Fsp3) is 0.571. The van der Waals surface area contributed by atoms with Crippen LogP contribution >= 0.6 is 0 Å². The molecule has 1 unspecified atom stereocenters. The zero-order valence-corrected chi connectivity index (χ0v) is 6.60. The van der Waals surface area contributed by atoms with Crippen LogP contribution in [0.2, 0.25) is 0 Å². The van der Waals surface area contributed by atoms with Gasteiger partial charge >= 0.3 is 0 Å². The van der Waals surface area contributed by atoms with Crippen molar-refractivity contribution in [3.63, 3.8) is 0 Å². The van der Waals surface area contributed by atoms with Gasteiger partial charge in [-0.2, -0.15) is 0 Å². The van der Waals surface area contributed by atoms with Crippen LogP contribution in [0.5, 0.6) is 0 Å². The number of aryl methyl sites for hydroxylation is 1. The lowest BCUT2D eigenvalue weighted by atomic mass is 9.99. The highest BCUT2D eigenvalue weighted by Gasteiger charge is 2.22. The third-order valence-electron chi connectivity index (χ3n) is 2.23. The van der Waals surface area contributed by atoms with Gasteiger partial charge in [0.25, 0.3) is 0 Å². The third-order valence-corrected chi connectivity index (χ3v) is 2.23. The molecule has 0 aliphatic carbocycles. The van der Waals surface area contributed by atoms with E-state index in [0.29, 0.717) is 6.54 Å². The molecular formula is C7H10N4O. The Morgan fingerprint density at radius 1 is 1.75 bits per heavy atom. The first-order valence-corrected chi connectivity index (χ1v) is 3.93. The van der Waals surface area contributed by atoms with E-state index in [2.05, 4.69) is 10.2 Å². The molecule has 1 atom stereocenters. The molecule has 1 aliphatic rings. The van der Waals surface area contributed by atoms with Crippen LogP contribution < -0.4 is 5.73 Å². The lowest BCUT2D eigenvalue weighted by Crippen LogP contribution is -2.31. The molecule has 1 aromatic heterocycles. The van der Waals surface area contributed by atoms with Gasteiger partial charge in [0.2, 0.25) is 5.91 Å². The van der Waals surface area contributed by atoms with Crippen molar-refractivity contribution in [2.24, 2.45) is 11.7 Å². The second kappa shape index (κ2) is 2.58. The highest BCUT2D eigenvalue weighted by molar-refractivity contribution is 5.76. The smallest absolute Gasteiger partial charge is 0.222 e. The lowest BCUT2D eigenvalue weighted by Gasteiger charge is -2.19. The molecule has 0 fully saturated rings. The van der Waals surface area contributed by atoms with E-state index in [1.165, 1.54) is 0 Å². The molecule has 1 amide bonds. The van der Waals surface area contributed by atoms with Gasteiger partial charge in [0, 0.05) is 13.0 Å². The summed E-state index contributed by atoms with van der Waals surface area (Å²) in [7, 11) is 0. The van der Waals surface area contributed by atoms with Crippen LogP contribution in [-0.4, -0.2) is 20.7 Å². The van der Waals surface area contributed by atoms with Gasteiger partial charge in [0.05, 0.1) is 5.92 Å². The van der Waals surface area contributed by atoms with Crippen LogP contribution in [0.25, 0.3) is 0 Å². The summed E-state index contributed by atoms with van der Waals surface area (Å²) in [6.45, 7) is 0.637. The van der Waals surface area contributed by atoms with E-state index in [1.807, 2.05) is 4.57 Å². The summed E-state index contributed by atoms with van der Waals surface area (Å²) in [4.78, 5) is 10.9. The first kappa shape index (κ1) is 7.27. The Hall–Kier alpha value is -1.39. The van der Waals surface area contributed by atoms with E-state index >= 15 is 0 Å². The Bertz CT molecular complexity index is 306. The van der Waals surface area contributed by atoms with E-state index in [4.69, 9.17) is 5.73 Å². The number of fused-ring (bicyclic) bond motifs is 1. The quantitative estimate of drug-likeness (QED) is 0.601. The van der Waals surface area contributed by atoms with E-state index in [9.17, 15) is 4.79 Å². The minimum Gasteiger partial charge on any atom is -0.369 e. The molecule has 64 valence electrons. The van der Waals surface area contributed by atoms with Gasteiger partial charge in [-0.15, -0.1) is 10.2 Å². The molecule has 2 N–H and O–H groups in total. The van der Waals surface area contributed by atoms with Gasteiger partial charge in [-0.1, -0.05) is 0 Å². The minimum atomic E-state index is -0.227. The van der Waals surface area contributed by atoms with Crippen LogP contribution in [-0.2, 0) is 17.8 Å². The maximum absolute atomic E-state index is 10.9. The van der Waals surface area contributed by atoms with Crippen molar-refractivity contribution in [1.82, 2.24) is 14.8 Å². The Labute approximate surface area is 69.6 Å². The van der Waals surface area contributed by atoms with Crippen molar-refractivity contribution < 1.29 is 4.79 Å². The molecule has 1 aromatic rings. The van der Waals surface area contributed by atoms with Crippen molar-refractivity contribution >= 4 is 5.91 Å². The highest BCUT2D eigenvalue weighted by atomic mass is 16.1. The summed E-state index contributed by atoms with van der Waals surface area (Å²) in [5.41, 5.74) is 5.20. The fourth-order valence-electron chi connectivity index (χ4n) is 1.49.